The number of hydrogen-bond acceptors (Lipinski definition) is 3. The molecule has 0 bridgehead atoms. The standard InChI is InChI=1S/C17H29ClN2S/c1-12(2)14-10-19-15(17(3,4)5)11-20(14)9-8-13-6-7-16(18)21-13/h6-7,12,14-15,19H,8-11H2,1-5H3. The van der Waals surface area contributed by atoms with Gasteiger partial charge in [0.25, 0.3) is 0 Å². The van der Waals surface area contributed by atoms with E-state index in [1.165, 1.54) is 4.88 Å². The summed E-state index contributed by atoms with van der Waals surface area (Å²) in [6.07, 6.45) is 1.11. The Kier molecular flexibility index (Phi) is 5.75. The van der Waals surface area contributed by atoms with Gasteiger partial charge in [0.2, 0.25) is 0 Å². The molecule has 2 atom stereocenters. The first kappa shape index (κ1) is 17.3. The molecule has 0 spiro atoms. The molecule has 2 nitrogen and oxygen atoms in total. The number of piperazine rings is 1. The van der Waals surface area contributed by atoms with Crippen LogP contribution in [0.2, 0.25) is 4.34 Å². The van der Waals surface area contributed by atoms with Crippen molar-refractivity contribution in [3.05, 3.63) is 21.3 Å². The van der Waals surface area contributed by atoms with Gasteiger partial charge in [0.05, 0.1) is 4.34 Å². The van der Waals surface area contributed by atoms with Gasteiger partial charge in [-0.1, -0.05) is 46.2 Å². The van der Waals surface area contributed by atoms with E-state index < -0.39 is 0 Å². The van der Waals surface area contributed by atoms with Gasteiger partial charge in [0.15, 0.2) is 0 Å². The number of nitrogens with zero attached hydrogens (tertiary/aromatic N) is 1. The van der Waals surface area contributed by atoms with Crippen LogP contribution >= 0.6 is 22.9 Å². The third-order valence-electron chi connectivity index (χ3n) is 4.55. The predicted molar refractivity (Wildman–Crippen MR) is 94.5 cm³/mol. The maximum absolute atomic E-state index is 6.04. The SMILES string of the molecule is CC(C)C1CNC(C(C)(C)C)CN1CCc1ccc(Cl)s1. The third-order valence-corrected chi connectivity index (χ3v) is 5.84. The molecule has 0 aliphatic carbocycles. The van der Waals surface area contributed by atoms with E-state index >= 15 is 0 Å². The van der Waals surface area contributed by atoms with Gasteiger partial charge >= 0.3 is 0 Å². The molecular weight excluding hydrogens is 300 g/mol. The molecule has 1 saturated heterocycles. The van der Waals surface area contributed by atoms with Crippen molar-refractivity contribution in [1.82, 2.24) is 10.2 Å². The highest BCUT2D eigenvalue weighted by molar-refractivity contribution is 7.16. The molecule has 21 heavy (non-hydrogen) atoms. The normalized spacial score (nSPS) is 24.7. The third kappa shape index (κ3) is 4.69. The molecule has 1 aliphatic rings. The van der Waals surface area contributed by atoms with Gasteiger partial charge in [-0.15, -0.1) is 11.3 Å². The molecule has 2 rings (SSSR count). The average molecular weight is 329 g/mol. The van der Waals surface area contributed by atoms with Gasteiger partial charge in [0, 0.05) is 36.6 Å². The smallest absolute Gasteiger partial charge is 0.0931 e. The second kappa shape index (κ2) is 6.99. The fourth-order valence-electron chi connectivity index (χ4n) is 3.06. The Morgan fingerprint density at radius 3 is 2.62 bits per heavy atom. The molecule has 1 aliphatic heterocycles. The highest BCUT2D eigenvalue weighted by Crippen LogP contribution is 2.27. The maximum atomic E-state index is 6.04. The summed E-state index contributed by atoms with van der Waals surface area (Å²) in [7, 11) is 0. The summed E-state index contributed by atoms with van der Waals surface area (Å²) in [5, 5.41) is 3.76. The van der Waals surface area contributed by atoms with Crippen molar-refractivity contribution in [2.45, 2.75) is 53.1 Å². The van der Waals surface area contributed by atoms with E-state index in [-0.39, 0.29) is 0 Å². The van der Waals surface area contributed by atoms with Crippen LogP contribution in [-0.4, -0.2) is 36.6 Å². The summed E-state index contributed by atoms with van der Waals surface area (Å²) in [6, 6.07) is 5.39. The molecule has 1 aromatic heterocycles. The van der Waals surface area contributed by atoms with Gasteiger partial charge in [-0.05, 0) is 29.9 Å². The van der Waals surface area contributed by atoms with E-state index in [0.29, 0.717) is 23.4 Å². The van der Waals surface area contributed by atoms with Crippen molar-refractivity contribution in [3.8, 4) is 0 Å². The van der Waals surface area contributed by atoms with Crippen molar-refractivity contribution in [2.75, 3.05) is 19.6 Å². The molecule has 1 aromatic rings. The number of thiophene rings is 1. The Morgan fingerprint density at radius 1 is 1.38 bits per heavy atom. The summed E-state index contributed by atoms with van der Waals surface area (Å²) in [4.78, 5) is 4.08. The number of rotatable bonds is 4. The molecular formula is C17H29ClN2S. The van der Waals surface area contributed by atoms with Crippen LogP contribution in [0, 0.1) is 11.3 Å². The van der Waals surface area contributed by atoms with Crippen molar-refractivity contribution < 1.29 is 0 Å². The molecule has 0 radical (unpaired) electrons. The fraction of sp³-hybridized carbons (Fsp3) is 0.765. The lowest BCUT2D eigenvalue weighted by atomic mass is 9.83. The van der Waals surface area contributed by atoms with E-state index in [1.54, 1.807) is 11.3 Å². The minimum atomic E-state index is 0.312. The first-order valence-corrected chi connectivity index (χ1v) is 9.18. The number of hydrogen-bond donors (Lipinski definition) is 1. The summed E-state index contributed by atoms with van der Waals surface area (Å²) in [5.41, 5.74) is 0.312. The summed E-state index contributed by atoms with van der Waals surface area (Å²) >= 11 is 7.75. The highest BCUT2D eigenvalue weighted by Gasteiger charge is 2.34. The minimum Gasteiger partial charge on any atom is -0.311 e. The van der Waals surface area contributed by atoms with Crippen LogP contribution in [0.15, 0.2) is 12.1 Å². The lowest BCUT2D eigenvalue weighted by Crippen LogP contribution is -2.61. The van der Waals surface area contributed by atoms with Crippen LogP contribution in [0.5, 0.6) is 0 Å². The van der Waals surface area contributed by atoms with Crippen molar-refractivity contribution >= 4 is 22.9 Å². The molecule has 4 heteroatoms. The summed E-state index contributed by atoms with van der Waals surface area (Å²) in [5.74, 6) is 0.686. The molecule has 0 saturated carbocycles. The molecule has 2 unspecified atom stereocenters. The summed E-state index contributed by atoms with van der Waals surface area (Å²) < 4.78 is 0.901. The minimum absolute atomic E-state index is 0.312. The maximum Gasteiger partial charge on any atom is 0.0931 e. The van der Waals surface area contributed by atoms with E-state index in [9.17, 15) is 0 Å². The van der Waals surface area contributed by atoms with Crippen LogP contribution in [0.4, 0.5) is 0 Å². The van der Waals surface area contributed by atoms with Crippen LogP contribution < -0.4 is 5.32 Å². The van der Waals surface area contributed by atoms with Crippen LogP contribution in [0.1, 0.15) is 39.5 Å². The van der Waals surface area contributed by atoms with Crippen molar-refractivity contribution in [2.24, 2.45) is 11.3 Å². The van der Waals surface area contributed by atoms with Gasteiger partial charge in [-0.25, -0.2) is 0 Å². The van der Waals surface area contributed by atoms with E-state index in [1.807, 2.05) is 6.07 Å². The van der Waals surface area contributed by atoms with Gasteiger partial charge in [-0.3, -0.25) is 4.90 Å². The van der Waals surface area contributed by atoms with E-state index in [0.717, 1.165) is 30.4 Å². The van der Waals surface area contributed by atoms with E-state index in [2.05, 4.69) is 50.9 Å². The zero-order chi connectivity index (χ0) is 15.6. The van der Waals surface area contributed by atoms with Crippen LogP contribution in [-0.2, 0) is 6.42 Å². The molecule has 120 valence electrons. The Bertz CT molecular complexity index is 450. The second-order valence-corrected chi connectivity index (χ2v) is 9.39. The Hall–Kier alpha value is -0.0900. The lowest BCUT2D eigenvalue weighted by molar-refractivity contribution is 0.0644. The van der Waals surface area contributed by atoms with Gasteiger partial charge in [0.1, 0.15) is 0 Å². The molecule has 1 N–H and O–H groups in total. The summed E-state index contributed by atoms with van der Waals surface area (Å²) in [6.45, 7) is 15.0. The number of halogens is 1. The van der Waals surface area contributed by atoms with Gasteiger partial charge in [-0.2, -0.15) is 0 Å². The monoisotopic (exact) mass is 328 g/mol. The Balaban J connectivity index is 2.00. The average Bonchev–Trinajstić information content (AvgIpc) is 2.80. The second-order valence-electron chi connectivity index (χ2n) is 7.59. The van der Waals surface area contributed by atoms with Crippen LogP contribution in [0.3, 0.4) is 0 Å². The predicted octanol–water partition coefficient (Wildman–Crippen LogP) is 4.29. The van der Waals surface area contributed by atoms with Gasteiger partial charge < -0.3 is 5.32 Å². The molecule has 0 amide bonds. The first-order valence-electron chi connectivity index (χ1n) is 7.99. The van der Waals surface area contributed by atoms with Crippen molar-refractivity contribution in [3.63, 3.8) is 0 Å². The topological polar surface area (TPSA) is 15.3 Å². The van der Waals surface area contributed by atoms with E-state index in [4.69, 9.17) is 11.6 Å². The lowest BCUT2D eigenvalue weighted by Gasteiger charge is -2.46. The zero-order valence-corrected chi connectivity index (χ0v) is 15.5. The largest absolute Gasteiger partial charge is 0.311 e. The fourth-order valence-corrected chi connectivity index (χ4v) is 4.14. The number of nitrogens with one attached hydrogen (secondary N) is 1. The Morgan fingerprint density at radius 2 is 2.10 bits per heavy atom. The molecule has 0 aromatic carbocycles. The van der Waals surface area contributed by atoms with Crippen LogP contribution in [0.25, 0.3) is 0 Å². The highest BCUT2D eigenvalue weighted by atomic mass is 35.5. The zero-order valence-electron chi connectivity index (χ0n) is 13.9. The Labute approximate surface area is 138 Å². The quantitative estimate of drug-likeness (QED) is 0.887. The molecule has 2 heterocycles. The van der Waals surface area contributed by atoms with Crippen molar-refractivity contribution in [1.29, 1.82) is 0 Å². The molecule has 1 fully saturated rings. The first-order chi connectivity index (χ1) is 9.77.